The first-order valence-electron chi connectivity index (χ1n) is 8.77. The van der Waals surface area contributed by atoms with E-state index in [1.54, 1.807) is 32.9 Å². The van der Waals surface area contributed by atoms with E-state index in [-0.39, 0.29) is 44.4 Å². The average molecular weight is 494 g/mol. The van der Waals surface area contributed by atoms with Gasteiger partial charge in [-0.05, 0) is 19.1 Å². The monoisotopic (exact) mass is 492 g/mol. The van der Waals surface area contributed by atoms with Crippen LogP contribution in [0.1, 0.15) is 26.3 Å². The molecule has 0 fully saturated rings. The molecule has 0 aliphatic heterocycles. The summed E-state index contributed by atoms with van der Waals surface area (Å²) in [5.41, 5.74) is 3.31. The maximum Gasteiger partial charge on any atom is 0.270 e. The molecule has 2 rings (SSSR count). The second-order valence-electron chi connectivity index (χ2n) is 6.06. The minimum atomic E-state index is -3.99. The van der Waals surface area contributed by atoms with Gasteiger partial charge in [-0.15, -0.1) is 0 Å². The van der Waals surface area contributed by atoms with Crippen molar-refractivity contribution in [3.05, 3.63) is 61.1 Å². The lowest BCUT2D eigenvalue weighted by atomic mass is 10.1. The van der Waals surface area contributed by atoms with E-state index in [1.807, 2.05) is 0 Å². The molecule has 8 nitrogen and oxygen atoms in total. The summed E-state index contributed by atoms with van der Waals surface area (Å²) in [5.74, 6) is 0. The van der Waals surface area contributed by atoms with Crippen LogP contribution in [0.2, 0.25) is 15.1 Å². The highest BCUT2D eigenvalue weighted by Gasteiger charge is 2.27. The van der Waals surface area contributed by atoms with Crippen LogP contribution in [0.15, 0.2) is 40.3 Å². The third kappa shape index (κ3) is 5.04. The second kappa shape index (κ2) is 9.93. The number of hydrazone groups is 1. The van der Waals surface area contributed by atoms with Crippen LogP contribution in [-0.4, -0.2) is 36.4 Å². The Balaban J connectivity index is 2.53. The average Bonchev–Trinajstić information content (AvgIpc) is 2.70. The molecule has 0 atom stereocenters. The van der Waals surface area contributed by atoms with Gasteiger partial charge in [0.25, 0.3) is 5.69 Å². The Bertz CT molecular complexity index is 1100. The molecule has 2 aromatic carbocycles. The number of nitrogens with one attached hydrogen (secondary N) is 1. The van der Waals surface area contributed by atoms with Crippen LogP contribution in [-0.2, 0) is 10.0 Å². The van der Waals surface area contributed by atoms with Crippen molar-refractivity contribution in [3.8, 4) is 0 Å². The van der Waals surface area contributed by atoms with E-state index >= 15 is 0 Å². The normalized spacial score (nSPS) is 12.3. The molecule has 0 aliphatic carbocycles. The molecule has 0 saturated carbocycles. The maximum absolute atomic E-state index is 13.0. The highest BCUT2D eigenvalue weighted by atomic mass is 35.5. The zero-order valence-electron chi connectivity index (χ0n) is 16.3. The SMILES string of the molecule is CCN(CC)S(=O)(=O)c1cc([N+](=O)[O-])ccc1NN=C(C)c1ccc(Cl)c(Cl)c1Cl. The van der Waals surface area contributed by atoms with E-state index in [2.05, 4.69) is 10.5 Å². The number of halogens is 3. The Morgan fingerprint density at radius 1 is 1.13 bits per heavy atom. The van der Waals surface area contributed by atoms with Crippen LogP contribution in [0.3, 0.4) is 0 Å². The van der Waals surface area contributed by atoms with Crippen molar-refractivity contribution in [3.63, 3.8) is 0 Å². The van der Waals surface area contributed by atoms with Crippen LogP contribution in [0.25, 0.3) is 0 Å². The highest BCUT2D eigenvalue weighted by molar-refractivity contribution is 7.89. The minimum Gasteiger partial charge on any atom is -0.277 e. The Labute approximate surface area is 189 Å². The molecule has 0 unspecified atom stereocenters. The first kappa shape index (κ1) is 24.4. The Hall–Kier alpha value is -1.91. The van der Waals surface area contributed by atoms with Gasteiger partial charge in [-0.3, -0.25) is 15.5 Å². The van der Waals surface area contributed by atoms with E-state index in [9.17, 15) is 18.5 Å². The molecule has 0 radical (unpaired) electrons. The number of nitrogens with zero attached hydrogens (tertiary/aromatic N) is 3. The summed E-state index contributed by atoms with van der Waals surface area (Å²) in [4.78, 5) is 10.2. The van der Waals surface area contributed by atoms with Gasteiger partial charge in [0.2, 0.25) is 10.0 Å². The minimum absolute atomic E-state index is 0.0861. The quantitative estimate of drug-likeness (QED) is 0.229. The standard InChI is InChI=1S/C18H19Cl3N4O4S/c1-4-24(5-2)30(28,29)16-10-12(25(26)27)6-9-15(16)23-22-11(3)13-7-8-14(19)18(21)17(13)20/h6-10,23H,4-5H2,1-3H3. The number of sulfonamides is 1. The van der Waals surface area contributed by atoms with Crippen LogP contribution in [0.4, 0.5) is 11.4 Å². The molecule has 0 spiro atoms. The summed E-state index contributed by atoms with van der Waals surface area (Å²) in [7, 11) is -3.99. The van der Waals surface area contributed by atoms with Crippen molar-refractivity contribution < 1.29 is 13.3 Å². The van der Waals surface area contributed by atoms with Crippen LogP contribution < -0.4 is 5.43 Å². The van der Waals surface area contributed by atoms with E-state index in [0.29, 0.717) is 11.3 Å². The summed E-state index contributed by atoms with van der Waals surface area (Å²) in [6.07, 6.45) is 0. The Kier molecular flexibility index (Phi) is 8.06. The number of hydrogen-bond acceptors (Lipinski definition) is 6. The van der Waals surface area contributed by atoms with Gasteiger partial charge in [-0.1, -0.05) is 54.7 Å². The smallest absolute Gasteiger partial charge is 0.270 e. The lowest BCUT2D eigenvalue weighted by molar-refractivity contribution is -0.385. The zero-order valence-corrected chi connectivity index (χ0v) is 19.4. The molecule has 0 saturated heterocycles. The largest absolute Gasteiger partial charge is 0.277 e. The van der Waals surface area contributed by atoms with Gasteiger partial charge in [-0.2, -0.15) is 9.41 Å². The molecular weight excluding hydrogens is 475 g/mol. The lowest BCUT2D eigenvalue weighted by Gasteiger charge is -2.20. The number of benzene rings is 2. The van der Waals surface area contributed by atoms with Crippen molar-refractivity contribution in [1.82, 2.24) is 4.31 Å². The topological polar surface area (TPSA) is 105 Å². The summed E-state index contributed by atoms with van der Waals surface area (Å²) < 4.78 is 27.2. The first-order valence-corrected chi connectivity index (χ1v) is 11.3. The fourth-order valence-corrected chi connectivity index (χ4v) is 4.93. The van der Waals surface area contributed by atoms with Crippen LogP contribution >= 0.6 is 34.8 Å². The van der Waals surface area contributed by atoms with Crippen molar-refractivity contribution >= 4 is 61.9 Å². The predicted octanol–water partition coefficient (Wildman–Crippen LogP) is 5.42. The lowest BCUT2D eigenvalue weighted by Crippen LogP contribution is -2.31. The number of nitro benzene ring substituents is 1. The Morgan fingerprint density at radius 2 is 1.77 bits per heavy atom. The van der Waals surface area contributed by atoms with Gasteiger partial charge in [0, 0.05) is 30.8 Å². The van der Waals surface area contributed by atoms with Gasteiger partial charge >= 0.3 is 0 Å². The highest BCUT2D eigenvalue weighted by Crippen LogP contribution is 2.33. The van der Waals surface area contributed by atoms with E-state index in [1.165, 1.54) is 16.4 Å². The molecule has 12 heteroatoms. The van der Waals surface area contributed by atoms with Gasteiger partial charge < -0.3 is 0 Å². The van der Waals surface area contributed by atoms with Crippen molar-refractivity contribution in [1.29, 1.82) is 0 Å². The molecule has 0 heterocycles. The fourth-order valence-electron chi connectivity index (χ4n) is 2.64. The van der Waals surface area contributed by atoms with Gasteiger partial charge in [0.05, 0.1) is 31.4 Å². The number of rotatable bonds is 8. The number of non-ortho nitro benzene ring substituents is 1. The molecule has 1 N–H and O–H groups in total. The molecule has 0 aliphatic rings. The third-order valence-electron chi connectivity index (χ3n) is 4.27. The van der Waals surface area contributed by atoms with Gasteiger partial charge in [0.1, 0.15) is 4.90 Å². The molecule has 30 heavy (non-hydrogen) atoms. The van der Waals surface area contributed by atoms with Gasteiger partial charge in [-0.25, -0.2) is 8.42 Å². The number of anilines is 1. The second-order valence-corrected chi connectivity index (χ2v) is 9.13. The maximum atomic E-state index is 13.0. The summed E-state index contributed by atoms with van der Waals surface area (Å²) in [6, 6.07) is 6.68. The Morgan fingerprint density at radius 3 is 2.33 bits per heavy atom. The van der Waals surface area contributed by atoms with Crippen molar-refractivity contribution in [2.45, 2.75) is 25.7 Å². The van der Waals surface area contributed by atoms with E-state index in [0.717, 1.165) is 6.07 Å². The van der Waals surface area contributed by atoms with Gasteiger partial charge in [0.15, 0.2) is 0 Å². The molecule has 0 aromatic heterocycles. The van der Waals surface area contributed by atoms with E-state index in [4.69, 9.17) is 34.8 Å². The summed E-state index contributed by atoms with van der Waals surface area (Å²) >= 11 is 18.2. The van der Waals surface area contributed by atoms with Crippen molar-refractivity contribution in [2.24, 2.45) is 5.10 Å². The summed E-state index contributed by atoms with van der Waals surface area (Å²) in [5, 5.41) is 16.0. The zero-order chi connectivity index (χ0) is 22.6. The van der Waals surface area contributed by atoms with Crippen LogP contribution in [0, 0.1) is 10.1 Å². The first-order chi connectivity index (χ1) is 14.0. The summed E-state index contributed by atoms with van der Waals surface area (Å²) in [6.45, 7) is 5.42. The molecule has 162 valence electrons. The third-order valence-corrected chi connectivity index (χ3v) is 7.65. The predicted molar refractivity (Wildman–Crippen MR) is 121 cm³/mol. The van der Waals surface area contributed by atoms with Crippen molar-refractivity contribution in [2.75, 3.05) is 18.5 Å². The van der Waals surface area contributed by atoms with Crippen LogP contribution in [0.5, 0.6) is 0 Å². The molecule has 0 bridgehead atoms. The van der Waals surface area contributed by atoms with E-state index < -0.39 is 14.9 Å². The molecule has 2 aromatic rings. The number of nitro groups is 1. The fraction of sp³-hybridized carbons (Fsp3) is 0.278. The molecule has 0 amide bonds. The molecular formula is C18H19Cl3N4O4S. The number of hydrogen-bond donors (Lipinski definition) is 1.